The van der Waals surface area contributed by atoms with Gasteiger partial charge in [-0.2, -0.15) is 13.2 Å². The molecule has 2 heterocycles. The van der Waals surface area contributed by atoms with Crippen LogP contribution in [0.3, 0.4) is 0 Å². The molecule has 1 aromatic heterocycles. The van der Waals surface area contributed by atoms with E-state index >= 15 is 0 Å². The van der Waals surface area contributed by atoms with E-state index in [-0.39, 0.29) is 11.9 Å². The molecule has 1 fully saturated rings. The smallest absolute Gasteiger partial charge is 0.376 e. The average Bonchev–Trinajstić information content (AvgIpc) is 2.77. The van der Waals surface area contributed by atoms with Crippen LogP contribution in [0.25, 0.3) is 0 Å². The average molecular weight is 282 g/mol. The third kappa shape index (κ3) is 3.46. The van der Waals surface area contributed by atoms with Crippen LogP contribution >= 0.6 is 11.6 Å². The summed E-state index contributed by atoms with van der Waals surface area (Å²) in [6, 6.07) is 0.834. The van der Waals surface area contributed by atoms with E-state index in [4.69, 9.17) is 16.3 Å². The predicted molar refractivity (Wildman–Crippen MR) is 59.5 cm³/mol. The molecule has 2 rings (SSSR count). The third-order valence-corrected chi connectivity index (χ3v) is 2.69. The van der Waals surface area contributed by atoms with Crippen LogP contribution in [0.2, 0.25) is 5.28 Å². The number of alkyl halides is 3. The van der Waals surface area contributed by atoms with E-state index in [9.17, 15) is 13.2 Å². The maximum Gasteiger partial charge on any atom is 0.433 e. The standard InChI is InChI=1S/C10H11ClF3N3O/c11-9-16-7(10(12,13)14)4-8(17-9)15-5-6-2-1-3-18-6/h4,6H,1-3,5H2,(H,15,16,17). The quantitative estimate of drug-likeness (QED) is 0.866. The van der Waals surface area contributed by atoms with Gasteiger partial charge in [0.2, 0.25) is 5.28 Å². The summed E-state index contributed by atoms with van der Waals surface area (Å²) >= 11 is 5.46. The van der Waals surface area contributed by atoms with Crippen LogP contribution in [0, 0.1) is 0 Å². The van der Waals surface area contributed by atoms with Crippen molar-refractivity contribution in [1.82, 2.24) is 9.97 Å². The number of anilines is 1. The van der Waals surface area contributed by atoms with Gasteiger partial charge >= 0.3 is 6.18 Å². The Balaban J connectivity index is 2.05. The first-order valence-electron chi connectivity index (χ1n) is 5.42. The van der Waals surface area contributed by atoms with Crippen LogP contribution in [0.1, 0.15) is 18.5 Å². The Kier molecular flexibility index (Phi) is 3.91. The fourth-order valence-electron chi connectivity index (χ4n) is 1.68. The van der Waals surface area contributed by atoms with Crippen molar-refractivity contribution in [2.24, 2.45) is 0 Å². The van der Waals surface area contributed by atoms with Crippen LogP contribution in [-0.4, -0.2) is 29.2 Å². The van der Waals surface area contributed by atoms with Crippen molar-refractivity contribution in [1.29, 1.82) is 0 Å². The lowest BCUT2D eigenvalue weighted by atomic mass is 10.2. The second-order valence-electron chi connectivity index (χ2n) is 3.92. The van der Waals surface area contributed by atoms with E-state index in [1.165, 1.54) is 0 Å². The van der Waals surface area contributed by atoms with Crippen molar-refractivity contribution < 1.29 is 17.9 Å². The Labute approximate surface area is 107 Å². The molecule has 0 saturated carbocycles. The van der Waals surface area contributed by atoms with Crippen molar-refractivity contribution in [3.05, 3.63) is 17.0 Å². The lowest BCUT2D eigenvalue weighted by Gasteiger charge is -2.12. The van der Waals surface area contributed by atoms with Crippen LogP contribution < -0.4 is 5.32 Å². The van der Waals surface area contributed by atoms with Gasteiger partial charge in [0.15, 0.2) is 5.69 Å². The van der Waals surface area contributed by atoms with Gasteiger partial charge in [0, 0.05) is 19.2 Å². The zero-order chi connectivity index (χ0) is 13.2. The molecule has 18 heavy (non-hydrogen) atoms. The fourth-order valence-corrected chi connectivity index (χ4v) is 1.86. The largest absolute Gasteiger partial charge is 0.433 e. The molecule has 8 heteroatoms. The Morgan fingerprint density at radius 2 is 2.22 bits per heavy atom. The van der Waals surface area contributed by atoms with Gasteiger partial charge in [-0.1, -0.05) is 0 Å². The minimum Gasteiger partial charge on any atom is -0.376 e. The monoisotopic (exact) mass is 281 g/mol. The molecule has 0 spiro atoms. The minimum atomic E-state index is -4.53. The molecule has 0 radical (unpaired) electrons. The van der Waals surface area contributed by atoms with Crippen molar-refractivity contribution in [2.45, 2.75) is 25.1 Å². The number of nitrogens with one attached hydrogen (secondary N) is 1. The fraction of sp³-hybridized carbons (Fsp3) is 0.600. The van der Waals surface area contributed by atoms with Crippen LogP contribution in [-0.2, 0) is 10.9 Å². The summed E-state index contributed by atoms with van der Waals surface area (Å²) in [4.78, 5) is 6.84. The molecule has 0 amide bonds. The first-order valence-corrected chi connectivity index (χ1v) is 5.80. The van der Waals surface area contributed by atoms with Crippen molar-refractivity contribution in [3.63, 3.8) is 0 Å². The van der Waals surface area contributed by atoms with Gasteiger partial charge in [0.25, 0.3) is 0 Å². The second kappa shape index (κ2) is 5.27. The van der Waals surface area contributed by atoms with E-state index in [1.807, 2.05) is 0 Å². The molecular formula is C10H11ClF3N3O. The van der Waals surface area contributed by atoms with Crippen molar-refractivity contribution >= 4 is 17.4 Å². The Morgan fingerprint density at radius 3 is 2.83 bits per heavy atom. The lowest BCUT2D eigenvalue weighted by molar-refractivity contribution is -0.141. The van der Waals surface area contributed by atoms with Gasteiger partial charge in [-0.25, -0.2) is 9.97 Å². The lowest BCUT2D eigenvalue weighted by Crippen LogP contribution is -2.20. The van der Waals surface area contributed by atoms with Crippen LogP contribution in [0.15, 0.2) is 6.07 Å². The van der Waals surface area contributed by atoms with Gasteiger partial charge in [0.05, 0.1) is 6.10 Å². The molecule has 1 N–H and O–H groups in total. The van der Waals surface area contributed by atoms with E-state index < -0.39 is 17.2 Å². The van der Waals surface area contributed by atoms with Gasteiger partial charge in [-0.15, -0.1) is 0 Å². The van der Waals surface area contributed by atoms with E-state index in [0.29, 0.717) is 13.2 Å². The second-order valence-corrected chi connectivity index (χ2v) is 4.26. The minimum absolute atomic E-state index is 0.00748. The summed E-state index contributed by atoms with van der Waals surface area (Å²) in [6.07, 6.45) is -2.68. The molecular weight excluding hydrogens is 271 g/mol. The predicted octanol–water partition coefficient (Wildman–Crippen LogP) is 2.74. The maximum atomic E-state index is 12.5. The third-order valence-electron chi connectivity index (χ3n) is 2.52. The Bertz CT molecular complexity index is 421. The van der Waals surface area contributed by atoms with Gasteiger partial charge in [0.1, 0.15) is 5.82 Å². The normalized spacial score (nSPS) is 20.1. The molecule has 0 bridgehead atoms. The molecule has 1 saturated heterocycles. The molecule has 1 aromatic rings. The topological polar surface area (TPSA) is 47.0 Å². The molecule has 1 aliphatic rings. The molecule has 0 aliphatic carbocycles. The first kappa shape index (κ1) is 13.4. The van der Waals surface area contributed by atoms with Crippen molar-refractivity contribution in [3.8, 4) is 0 Å². The first-order chi connectivity index (χ1) is 8.45. The molecule has 4 nitrogen and oxygen atoms in total. The highest BCUT2D eigenvalue weighted by molar-refractivity contribution is 6.28. The van der Waals surface area contributed by atoms with Crippen LogP contribution in [0.5, 0.6) is 0 Å². The number of hydrogen-bond donors (Lipinski definition) is 1. The maximum absolute atomic E-state index is 12.5. The summed E-state index contributed by atoms with van der Waals surface area (Å²) in [6.45, 7) is 1.09. The number of ether oxygens (including phenoxy) is 1. The van der Waals surface area contributed by atoms with E-state index in [2.05, 4.69) is 15.3 Å². The van der Waals surface area contributed by atoms with Gasteiger partial charge in [-0.3, -0.25) is 0 Å². The Morgan fingerprint density at radius 1 is 1.44 bits per heavy atom. The number of nitrogens with zero attached hydrogens (tertiary/aromatic N) is 2. The van der Waals surface area contributed by atoms with Gasteiger partial charge < -0.3 is 10.1 Å². The van der Waals surface area contributed by atoms with E-state index in [1.54, 1.807) is 0 Å². The summed E-state index contributed by atoms with van der Waals surface area (Å²) in [7, 11) is 0. The van der Waals surface area contributed by atoms with Gasteiger partial charge in [-0.05, 0) is 24.4 Å². The number of halogens is 4. The summed E-state index contributed by atoms with van der Waals surface area (Å²) in [5.74, 6) is 0.0535. The highest BCUT2D eigenvalue weighted by Gasteiger charge is 2.33. The number of rotatable bonds is 3. The summed E-state index contributed by atoms with van der Waals surface area (Å²) in [5, 5.41) is 2.35. The molecule has 1 unspecified atom stereocenters. The summed E-state index contributed by atoms with van der Waals surface area (Å²) < 4.78 is 42.8. The molecule has 1 aliphatic heterocycles. The zero-order valence-corrected chi connectivity index (χ0v) is 10.1. The van der Waals surface area contributed by atoms with Crippen LogP contribution in [0.4, 0.5) is 19.0 Å². The molecule has 0 aromatic carbocycles. The Hall–Kier alpha value is -1.08. The zero-order valence-electron chi connectivity index (χ0n) is 9.30. The highest BCUT2D eigenvalue weighted by atomic mass is 35.5. The SMILES string of the molecule is FC(F)(F)c1cc(NCC2CCCO2)nc(Cl)n1. The molecule has 1 atom stereocenters. The number of aromatic nitrogens is 2. The number of hydrogen-bond acceptors (Lipinski definition) is 4. The van der Waals surface area contributed by atoms with E-state index in [0.717, 1.165) is 18.9 Å². The van der Waals surface area contributed by atoms with Crippen molar-refractivity contribution in [2.75, 3.05) is 18.5 Å². The molecule has 100 valence electrons. The highest BCUT2D eigenvalue weighted by Crippen LogP contribution is 2.29. The summed E-state index contributed by atoms with van der Waals surface area (Å²) in [5.41, 5.74) is -1.06.